The van der Waals surface area contributed by atoms with Crippen LogP contribution < -0.4 is 11.1 Å². The third-order valence-electron chi connectivity index (χ3n) is 4.73. The van der Waals surface area contributed by atoms with Crippen molar-refractivity contribution < 1.29 is 4.79 Å². The van der Waals surface area contributed by atoms with E-state index in [9.17, 15) is 9.59 Å². The van der Waals surface area contributed by atoms with Gasteiger partial charge in [-0.15, -0.1) is 0 Å². The lowest BCUT2D eigenvalue weighted by atomic mass is 9.89. The van der Waals surface area contributed by atoms with Crippen molar-refractivity contribution in [3.8, 4) is 0 Å². The molecule has 1 amide bonds. The van der Waals surface area contributed by atoms with E-state index >= 15 is 0 Å². The van der Waals surface area contributed by atoms with E-state index in [4.69, 9.17) is 0 Å². The molecule has 1 saturated heterocycles. The number of hydrogen-bond acceptors (Lipinski definition) is 4. The van der Waals surface area contributed by atoms with Gasteiger partial charge in [-0.25, -0.2) is 9.89 Å². The number of rotatable bonds is 5. The van der Waals surface area contributed by atoms with Crippen molar-refractivity contribution in [3.05, 3.63) is 52.7 Å². The fraction of sp³-hybridized carbons (Fsp3) is 0.471. The third kappa shape index (κ3) is 3.91. The maximum atomic E-state index is 12.3. The summed E-state index contributed by atoms with van der Waals surface area (Å²) in [5, 5.41) is 5.84. The van der Waals surface area contributed by atoms with Gasteiger partial charge in [0.25, 0.3) is 5.91 Å². The normalized spacial score (nSPS) is 17.5. The van der Waals surface area contributed by atoms with Gasteiger partial charge in [0.15, 0.2) is 0 Å². The van der Waals surface area contributed by atoms with Crippen molar-refractivity contribution in [1.82, 2.24) is 19.8 Å². The molecule has 0 bridgehead atoms. The minimum Gasteiger partial charge on any atom is -0.292 e. The van der Waals surface area contributed by atoms with Gasteiger partial charge in [0.05, 0.1) is 6.04 Å². The molecular weight excluding hydrogens is 306 g/mol. The Morgan fingerprint density at radius 3 is 2.67 bits per heavy atom. The Bertz CT molecular complexity index is 716. The number of hydrogen-bond donors (Lipinski definition) is 2. The van der Waals surface area contributed by atoms with Crippen LogP contribution in [0.2, 0.25) is 0 Å². The molecule has 7 nitrogen and oxygen atoms in total. The van der Waals surface area contributed by atoms with Crippen molar-refractivity contribution in [2.24, 2.45) is 5.92 Å². The zero-order valence-corrected chi connectivity index (χ0v) is 13.8. The summed E-state index contributed by atoms with van der Waals surface area (Å²) in [6, 6.07) is 10.3. The van der Waals surface area contributed by atoms with E-state index in [-0.39, 0.29) is 11.9 Å². The molecule has 7 heteroatoms. The van der Waals surface area contributed by atoms with E-state index in [1.165, 1.54) is 11.9 Å². The molecule has 1 atom stereocenters. The number of aromatic nitrogens is 3. The number of benzene rings is 1. The predicted molar refractivity (Wildman–Crippen MR) is 91.1 cm³/mol. The first-order chi connectivity index (χ1) is 11.6. The average molecular weight is 329 g/mol. The Morgan fingerprint density at radius 1 is 1.33 bits per heavy atom. The Labute approximate surface area is 140 Å². The number of aromatic amines is 1. The summed E-state index contributed by atoms with van der Waals surface area (Å²) in [4.78, 5) is 25.8. The van der Waals surface area contributed by atoms with Crippen LogP contribution in [0, 0.1) is 5.92 Å². The minimum atomic E-state index is -0.447. The monoisotopic (exact) mass is 329 g/mol. The van der Waals surface area contributed by atoms with E-state index in [0.717, 1.165) is 37.0 Å². The molecule has 0 spiro atoms. The van der Waals surface area contributed by atoms with Gasteiger partial charge in [-0.05, 0) is 50.8 Å². The van der Waals surface area contributed by atoms with Crippen molar-refractivity contribution >= 4 is 5.91 Å². The van der Waals surface area contributed by atoms with Crippen LogP contribution >= 0.6 is 0 Å². The van der Waals surface area contributed by atoms with Crippen LogP contribution in [0.15, 0.2) is 41.5 Å². The summed E-state index contributed by atoms with van der Waals surface area (Å²) in [5.74, 6) is 0.468. The molecule has 1 aromatic heterocycles. The highest BCUT2D eigenvalue weighted by molar-refractivity contribution is 5.88. The SMILES string of the molecule is CC(C(=O)Nn1cn[nH]c1=O)N1CCC(Cc2ccccc2)CC1. The number of likely N-dealkylation sites (tertiary alicyclic amines) is 1. The van der Waals surface area contributed by atoms with E-state index in [1.807, 2.05) is 13.0 Å². The highest BCUT2D eigenvalue weighted by Gasteiger charge is 2.27. The number of amides is 1. The molecule has 128 valence electrons. The average Bonchev–Trinajstić information content (AvgIpc) is 3.00. The summed E-state index contributed by atoms with van der Waals surface area (Å²) in [6.45, 7) is 3.66. The lowest BCUT2D eigenvalue weighted by Crippen LogP contribution is -2.48. The number of carbonyl (C=O) groups excluding carboxylic acids is 1. The predicted octanol–water partition coefficient (Wildman–Crippen LogP) is 0.985. The summed E-state index contributed by atoms with van der Waals surface area (Å²) in [6.07, 6.45) is 4.52. The summed E-state index contributed by atoms with van der Waals surface area (Å²) >= 11 is 0. The lowest BCUT2D eigenvalue weighted by molar-refractivity contribution is -0.122. The third-order valence-corrected chi connectivity index (χ3v) is 4.73. The largest absolute Gasteiger partial charge is 0.362 e. The second kappa shape index (κ2) is 7.44. The molecule has 0 saturated carbocycles. The van der Waals surface area contributed by atoms with Gasteiger partial charge >= 0.3 is 5.69 Å². The van der Waals surface area contributed by atoms with Crippen LogP contribution in [-0.2, 0) is 11.2 Å². The molecule has 2 N–H and O–H groups in total. The van der Waals surface area contributed by atoms with Crippen LogP contribution in [0.5, 0.6) is 0 Å². The smallest absolute Gasteiger partial charge is 0.292 e. The summed E-state index contributed by atoms with van der Waals surface area (Å²) < 4.78 is 1.07. The number of nitrogens with one attached hydrogen (secondary N) is 2. The standard InChI is InChI=1S/C17H23N5O2/c1-13(16(23)20-22-12-18-19-17(22)24)21-9-7-15(8-10-21)11-14-5-3-2-4-6-14/h2-6,12-13,15H,7-11H2,1H3,(H,19,24)(H,20,23). The summed E-state index contributed by atoms with van der Waals surface area (Å²) in [5.41, 5.74) is 3.50. The number of H-pyrrole nitrogens is 1. The minimum absolute atomic E-state index is 0.194. The molecule has 1 aliphatic rings. The molecule has 2 aromatic rings. The summed E-state index contributed by atoms with van der Waals surface area (Å²) in [7, 11) is 0. The highest BCUT2D eigenvalue weighted by atomic mass is 16.2. The van der Waals surface area contributed by atoms with Crippen LogP contribution in [0.3, 0.4) is 0 Å². The molecule has 1 fully saturated rings. The molecule has 1 aromatic carbocycles. The Balaban J connectivity index is 1.49. The molecule has 0 radical (unpaired) electrons. The Morgan fingerprint density at radius 2 is 2.04 bits per heavy atom. The first kappa shape index (κ1) is 16.4. The fourth-order valence-electron chi connectivity index (χ4n) is 3.20. The molecule has 1 aliphatic heterocycles. The first-order valence-electron chi connectivity index (χ1n) is 8.34. The quantitative estimate of drug-likeness (QED) is 0.857. The van der Waals surface area contributed by atoms with E-state index in [0.29, 0.717) is 5.92 Å². The van der Waals surface area contributed by atoms with E-state index in [1.54, 1.807) is 0 Å². The van der Waals surface area contributed by atoms with Crippen LogP contribution in [0.25, 0.3) is 0 Å². The Hall–Kier alpha value is -2.41. The maximum Gasteiger partial charge on any atom is 0.362 e. The number of piperidine rings is 1. The van der Waals surface area contributed by atoms with Gasteiger partial charge in [0, 0.05) is 0 Å². The van der Waals surface area contributed by atoms with E-state index in [2.05, 4.69) is 44.8 Å². The Kier molecular flexibility index (Phi) is 5.10. The molecule has 3 rings (SSSR count). The van der Waals surface area contributed by atoms with Crippen molar-refractivity contribution in [2.75, 3.05) is 18.5 Å². The second-order valence-electron chi connectivity index (χ2n) is 6.35. The topological polar surface area (TPSA) is 83.0 Å². The van der Waals surface area contributed by atoms with Gasteiger partial charge < -0.3 is 0 Å². The first-order valence-corrected chi connectivity index (χ1v) is 8.34. The zero-order chi connectivity index (χ0) is 16.9. The van der Waals surface area contributed by atoms with Crippen LogP contribution in [0.1, 0.15) is 25.3 Å². The molecule has 0 aliphatic carbocycles. The van der Waals surface area contributed by atoms with Crippen molar-refractivity contribution in [2.45, 2.75) is 32.2 Å². The number of carbonyl (C=O) groups is 1. The fourth-order valence-corrected chi connectivity index (χ4v) is 3.20. The van der Waals surface area contributed by atoms with Gasteiger partial charge in [-0.3, -0.25) is 15.1 Å². The maximum absolute atomic E-state index is 12.3. The lowest BCUT2D eigenvalue weighted by Gasteiger charge is -2.35. The zero-order valence-electron chi connectivity index (χ0n) is 13.8. The van der Waals surface area contributed by atoms with Crippen molar-refractivity contribution in [1.29, 1.82) is 0 Å². The highest BCUT2D eigenvalue weighted by Crippen LogP contribution is 2.22. The van der Waals surface area contributed by atoms with Crippen LogP contribution in [0.4, 0.5) is 0 Å². The molecule has 24 heavy (non-hydrogen) atoms. The number of nitrogens with zero attached hydrogens (tertiary/aromatic N) is 3. The molecule has 2 heterocycles. The van der Waals surface area contributed by atoms with Gasteiger partial charge in [-0.2, -0.15) is 9.77 Å². The van der Waals surface area contributed by atoms with E-state index < -0.39 is 5.69 Å². The second-order valence-corrected chi connectivity index (χ2v) is 6.35. The van der Waals surface area contributed by atoms with Gasteiger partial charge in [-0.1, -0.05) is 30.3 Å². The molecule has 1 unspecified atom stereocenters. The van der Waals surface area contributed by atoms with Crippen LogP contribution in [-0.4, -0.2) is 44.8 Å². The van der Waals surface area contributed by atoms with Gasteiger partial charge in [0.1, 0.15) is 6.33 Å². The van der Waals surface area contributed by atoms with Gasteiger partial charge in [0.2, 0.25) is 0 Å². The van der Waals surface area contributed by atoms with Crippen molar-refractivity contribution in [3.63, 3.8) is 0 Å². The molecular formula is C17H23N5O2.